The molecule has 0 amide bonds. The fourth-order valence-corrected chi connectivity index (χ4v) is 0.848. The van der Waals surface area contributed by atoms with Crippen molar-refractivity contribution in [3.05, 3.63) is 0 Å². The van der Waals surface area contributed by atoms with Gasteiger partial charge in [-0.1, -0.05) is 6.92 Å². The minimum Gasteiger partial charge on any atom is -0.393 e. The summed E-state index contributed by atoms with van der Waals surface area (Å²) < 4.78 is 0. The van der Waals surface area contributed by atoms with E-state index in [0.717, 1.165) is 0 Å². The molecule has 0 heterocycles. The van der Waals surface area contributed by atoms with Gasteiger partial charge in [-0.3, -0.25) is 0 Å². The summed E-state index contributed by atoms with van der Waals surface area (Å²) in [7, 11) is 0. The SMILES string of the molecule is CCC(O)CCC(O)(CO)CO. The molecular formula is C8H18O4. The van der Waals surface area contributed by atoms with Gasteiger partial charge in [-0.15, -0.1) is 0 Å². The Hall–Kier alpha value is -0.160. The maximum atomic E-state index is 9.36. The number of hydrogen-bond donors (Lipinski definition) is 4. The van der Waals surface area contributed by atoms with E-state index in [1.165, 1.54) is 0 Å². The van der Waals surface area contributed by atoms with E-state index in [9.17, 15) is 5.11 Å². The lowest BCUT2D eigenvalue weighted by Crippen LogP contribution is -2.38. The molecule has 0 saturated carbocycles. The summed E-state index contributed by atoms with van der Waals surface area (Å²) in [4.78, 5) is 0. The number of aliphatic hydroxyl groups excluding tert-OH is 3. The van der Waals surface area contributed by atoms with Crippen molar-refractivity contribution in [2.24, 2.45) is 0 Å². The highest BCUT2D eigenvalue weighted by atomic mass is 16.4. The van der Waals surface area contributed by atoms with Gasteiger partial charge >= 0.3 is 0 Å². The fourth-order valence-electron chi connectivity index (χ4n) is 0.848. The first-order chi connectivity index (χ1) is 5.58. The van der Waals surface area contributed by atoms with Gasteiger partial charge in [0.15, 0.2) is 0 Å². The van der Waals surface area contributed by atoms with Crippen LogP contribution >= 0.6 is 0 Å². The molecule has 0 spiro atoms. The Kier molecular flexibility index (Phi) is 5.41. The third-order valence-electron chi connectivity index (χ3n) is 2.00. The van der Waals surface area contributed by atoms with Crippen LogP contribution in [-0.4, -0.2) is 45.3 Å². The van der Waals surface area contributed by atoms with E-state index in [1.807, 2.05) is 6.92 Å². The Morgan fingerprint density at radius 2 is 1.75 bits per heavy atom. The quantitative estimate of drug-likeness (QED) is 0.431. The van der Waals surface area contributed by atoms with Crippen LogP contribution in [0.15, 0.2) is 0 Å². The highest BCUT2D eigenvalue weighted by Crippen LogP contribution is 2.14. The van der Waals surface area contributed by atoms with Crippen LogP contribution in [0.25, 0.3) is 0 Å². The van der Waals surface area contributed by atoms with Crippen molar-refractivity contribution in [3.8, 4) is 0 Å². The van der Waals surface area contributed by atoms with Crippen molar-refractivity contribution in [1.82, 2.24) is 0 Å². The Bertz CT molecular complexity index is 112. The molecule has 0 aromatic heterocycles. The highest BCUT2D eigenvalue weighted by Gasteiger charge is 2.25. The number of rotatable bonds is 6. The lowest BCUT2D eigenvalue weighted by atomic mass is 9.97. The molecule has 12 heavy (non-hydrogen) atoms. The van der Waals surface area contributed by atoms with Gasteiger partial charge in [0, 0.05) is 0 Å². The van der Waals surface area contributed by atoms with E-state index < -0.39 is 24.9 Å². The molecule has 4 N–H and O–H groups in total. The van der Waals surface area contributed by atoms with E-state index in [1.54, 1.807) is 0 Å². The molecule has 0 aliphatic carbocycles. The maximum Gasteiger partial charge on any atom is 0.111 e. The van der Waals surface area contributed by atoms with Crippen LogP contribution in [-0.2, 0) is 0 Å². The van der Waals surface area contributed by atoms with Crippen molar-refractivity contribution < 1.29 is 20.4 Å². The third kappa shape index (κ3) is 4.01. The van der Waals surface area contributed by atoms with Gasteiger partial charge in [0.2, 0.25) is 0 Å². The molecule has 0 aliphatic heterocycles. The van der Waals surface area contributed by atoms with Crippen molar-refractivity contribution in [3.63, 3.8) is 0 Å². The largest absolute Gasteiger partial charge is 0.393 e. The van der Waals surface area contributed by atoms with Crippen LogP contribution in [0.2, 0.25) is 0 Å². The van der Waals surface area contributed by atoms with Crippen molar-refractivity contribution in [2.45, 2.75) is 37.9 Å². The Labute approximate surface area is 72.5 Å². The van der Waals surface area contributed by atoms with Gasteiger partial charge in [-0.25, -0.2) is 0 Å². The summed E-state index contributed by atoms with van der Waals surface area (Å²) in [6, 6.07) is 0. The average molecular weight is 178 g/mol. The molecule has 0 aliphatic rings. The van der Waals surface area contributed by atoms with E-state index in [0.29, 0.717) is 12.8 Å². The standard InChI is InChI=1S/C8H18O4/c1-2-7(11)3-4-8(12,5-9)6-10/h7,9-12H,2-6H2,1H3. The molecular weight excluding hydrogens is 160 g/mol. The molecule has 0 fully saturated rings. The van der Waals surface area contributed by atoms with Crippen LogP contribution in [0, 0.1) is 0 Å². The summed E-state index contributed by atoms with van der Waals surface area (Å²) in [5.74, 6) is 0. The van der Waals surface area contributed by atoms with Crippen molar-refractivity contribution in [2.75, 3.05) is 13.2 Å². The van der Waals surface area contributed by atoms with E-state index in [2.05, 4.69) is 0 Å². The van der Waals surface area contributed by atoms with Gasteiger partial charge < -0.3 is 20.4 Å². The maximum absolute atomic E-state index is 9.36. The van der Waals surface area contributed by atoms with Gasteiger partial charge in [0.05, 0.1) is 19.3 Å². The summed E-state index contributed by atoms with van der Waals surface area (Å²) in [6.07, 6.45) is 0.769. The number of hydrogen-bond acceptors (Lipinski definition) is 4. The zero-order valence-corrected chi connectivity index (χ0v) is 7.40. The first-order valence-corrected chi connectivity index (χ1v) is 4.20. The van der Waals surface area contributed by atoms with Crippen molar-refractivity contribution in [1.29, 1.82) is 0 Å². The molecule has 74 valence electrons. The molecule has 0 saturated heterocycles. The predicted molar refractivity (Wildman–Crippen MR) is 44.7 cm³/mol. The van der Waals surface area contributed by atoms with E-state index in [4.69, 9.17) is 15.3 Å². The van der Waals surface area contributed by atoms with Gasteiger partial charge in [0.25, 0.3) is 0 Å². The number of aliphatic hydroxyl groups is 4. The molecule has 1 unspecified atom stereocenters. The summed E-state index contributed by atoms with van der Waals surface area (Å²) >= 11 is 0. The van der Waals surface area contributed by atoms with Crippen LogP contribution in [0.5, 0.6) is 0 Å². The Morgan fingerprint density at radius 3 is 2.08 bits per heavy atom. The third-order valence-corrected chi connectivity index (χ3v) is 2.00. The molecule has 4 heteroatoms. The summed E-state index contributed by atoms with van der Waals surface area (Å²) in [5, 5.41) is 35.9. The van der Waals surface area contributed by atoms with Gasteiger partial charge in [0.1, 0.15) is 5.60 Å². The molecule has 1 atom stereocenters. The molecule has 0 aromatic carbocycles. The first-order valence-electron chi connectivity index (χ1n) is 4.20. The molecule has 4 nitrogen and oxygen atoms in total. The second kappa shape index (κ2) is 5.48. The second-order valence-corrected chi connectivity index (χ2v) is 3.14. The fraction of sp³-hybridized carbons (Fsp3) is 1.00. The van der Waals surface area contributed by atoms with Crippen LogP contribution in [0.1, 0.15) is 26.2 Å². The Morgan fingerprint density at radius 1 is 1.25 bits per heavy atom. The topological polar surface area (TPSA) is 80.9 Å². The van der Waals surface area contributed by atoms with Crippen LogP contribution < -0.4 is 0 Å². The minimum absolute atomic E-state index is 0.217. The monoisotopic (exact) mass is 178 g/mol. The van der Waals surface area contributed by atoms with Crippen molar-refractivity contribution >= 4 is 0 Å². The summed E-state index contributed by atoms with van der Waals surface area (Å²) in [5.41, 5.74) is -1.43. The molecule has 0 bridgehead atoms. The van der Waals surface area contributed by atoms with E-state index in [-0.39, 0.29) is 6.42 Å². The predicted octanol–water partition coefficient (Wildman–Crippen LogP) is -0.747. The Balaban J connectivity index is 3.72. The van der Waals surface area contributed by atoms with Crippen LogP contribution in [0.4, 0.5) is 0 Å². The van der Waals surface area contributed by atoms with Crippen LogP contribution in [0.3, 0.4) is 0 Å². The molecule has 0 aromatic rings. The summed E-state index contributed by atoms with van der Waals surface area (Å²) in [6.45, 7) is 0.890. The lowest BCUT2D eigenvalue weighted by molar-refractivity contribution is -0.0670. The average Bonchev–Trinajstić information content (AvgIpc) is 2.13. The van der Waals surface area contributed by atoms with Gasteiger partial charge in [-0.05, 0) is 19.3 Å². The molecule has 0 radical (unpaired) electrons. The zero-order valence-electron chi connectivity index (χ0n) is 7.40. The highest BCUT2D eigenvalue weighted by molar-refractivity contribution is 4.77. The van der Waals surface area contributed by atoms with Gasteiger partial charge in [-0.2, -0.15) is 0 Å². The molecule has 0 rings (SSSR count). The van der Waals surface area contributed by atoms with E-state index >= 15 is 0 Å². The second-order valence-electron chi connectivity index (χ2n) is 3.14. The first kappa shape index (κ1) is 11.8. The minimum atomic E-state index is -1.43. The lowest BCUT2D eigenvalue weighted by Gasteiger charge is -2.23. The smallest absolute Gasteiger partial charge is 0.111 e. The normalized spacial score (nSPS) is 14.8. The zero-order chi connectivity index (χ0) is 9.61.